The molecule has 0 saturated carbocycles. The number of amides is 3. The number of carboxylic acids is 1. The van der Waals surface area contributed by atoms with Crippen molar-refractivity contribution in [2.75, 3.05) is 17.2 Å². The molecule has 0 atom stereocenters. The quantitative estimate of drug-likeness (QED) is 0.553. The molecule has 1 aromatic carbocycles. The second-order valence-corrected chi connectivity index (χ2v) is 4.71. The first-order chi connectivity index (χ1) is 10.5. The topological polar surface area (TPSA) is 108 Å². The number of aliphatic carboxylic acids is 1. The van der Waals surface area contributed by atoms with Gasteiger partial charge in [-0.2, -0.15) is 0 Å². The monoisotopic (exact) mass is 307 g/mol. The summed E-state index contributed by atoms with van der Waals surface area (Å²) in [5.74, 6) is -1.04. The number of rotatable bonds is 8. The number of carbonyl (C=O) groups excluding carboxylic acids is 2. The molecule has 7 heteroatoms. The van der Waals surface area contributed by atoms with Crippen LogP contribution in [0, 0.1) is 0 Å². The maximum atomic E-state index is 11.7. The molecule has 0 unspecified atom stereocenters. The largest absolute Gasteiger partial charge is 0.481 e. The number of benzene rings is 1. The fraction of sp³-hybridized carbons (Fsp3) is 0.400. The van der Waals surface area contributed by atoms with Crippen LogP contribution in [-0.4, -0.2) is 29.6 Å². The van der Waals surface area contributed by atoms with E-state index in [9.17, 15) is 14.4 Å². The Kier molecular flexibility index (Phi) is 7.45. The normalized spacial score (nSPS) is 9.86. The van der Waals surface area contributed by atoms with Gasteiger partial charge < -0.3 is 21.1 Å². The summed E-state index contributed by atoms with van der Waals surface area (Å²) in [6, 6.07) is 6.52. The van der Waals surface area contributed by atoms with Crippen molar-refractivity contribution in [2.45, 2.75) is 32.6 Å². The van der Waals surface area contributed by atoms with E-state index < -0.39 is 5.97 Å². The zero-order valence-corrected chi connectivity index (χ0v) is 12.5. The minimum atomic E-state index is -0.857. The molecule has 0 aliphatic heterocycles. The number of anilines is 2. The van der Waals surface area contributed by atoms with Crippen LogP contribution in [-0.2, 0) is 9.59 Å². The Morgan fingerprint density at radius 3 is 2.32 bits per heavy atom. The van der Waals surface area contributed by atoms with Crippen LogP contribution in [0.3, 0.4) is 0 Å². The lowest BCUT2D eigenvalue weighted by Crippen LogP contribution is -2.28. The van der Waals surface area contributed by atoms with Gasteiger partial charge in [0.15, 0.2) is 0 Å². The predicted molar refractivity (Wildman–Crippen MR) is 83.9 cm³/mol. The lowest BCUT2D eigenvalue weighted by molar-refractivity contribution is -0.137. The van der Waals surface area contributed by atoms with Crippen LogP contribution in [0.1, 0.15) is 32.6 Å². The Bertz CT molecular complexity index is 531. The smallest absolute Gasteiger partial charge is 0.319 e. The number of nitrogens with one attached hydrogen (secondary N) is 3. The van der Waals surface area contributed by atoms with Crippen molar-refractivity contribution < 1.29 is 19.5 Å². The van der Waals surface area contributed by atoms with Crippen LogP contribution in [0.5, 0.6) is 0 Å². The Hall–Kier alpha value is -2.57. The first-order valence-corrected chi connectivity index (χ1v) is 7.18. The molecule has 0 aliphatic rings. The van der Waals surface area contributed by atoms with Gasteiger partial charge in [0.25, 0.3) is 0 Å². The molecule has 0 radical (unpaired) electrons. The summed E-state index contributed by atoms with van der Waals surface area (Å²) >= 11 is 0. The molecule has 0 fully saturated rings. The van der Waals surface area contributed by atoms with Gasteiger partial charge >= 0.3 is 12.0 Å². The Morgan fingerprint density at radius 1 is 1.05 bits per heavy atom. The maximum Gasteiger partial charge on any atom is 0.319 e. The van der Waals surface area contributed by atoms with Crippen molar-refractivity contribution in [3.63, 3.8) is 0 Å². The summed E-state index contributed by atoms with van der Waals surface area (Å²) in [5.41, 5.74) is 1.16. The van der Waals surface area contributed by atoms with E-state index in [0.717, 1.165) is 0 Å². The standard InChI is InChI=1S/C15H21N3O4/c1-2-16-15(22)18-12-7-5-6-11(10-12)17-13(19)8-3-4-9-14(20)21/h5-7,10H,2-4,8-9H2,1H3,(H,17,19)(H,20,21)(H2,16,18,22). The summed E-state index contributed by atoms with van der Waals surface area (Å²) in [5, 5.41) is 16.5. The van der Waals surface area contributed by atoms with Gasteiger partial charge in [-0.15, -0.1) is 0 Å². The van der Waals surface area contributed by atoms with Gasteiger partial charge in [-0.25, -0.2) is 4.79 Å². The molecule has 0 bridgehead atoms. The highest BCUT2D eigenvalue weighted by atomic mass is 16.4. The number of carboxylic acid groups (broad SMARTS) is 1. The molecule has 0 saturated heterocycles. The number of hydrogen-bond donors (Lipinski definition) is 4. The summed E-state index contributed by atoms with van der Waals surface area (Å²) in [6.07, 6.45) is 1.33. The highest BCUT2D eigenvalue weighted by molar-refractivity contribution is 5.93. The van der Waals surface area contributed by atoms with E-state index in [-0.39, 0.29) is 24.8 Å². The van der Waals surface area contributed by atoms with E-state index in [1.54, 1.807) is 24.3 Å². The van der Waals surface area contributed by atoms with Gasteiger partial charge in [-0.1, -0.05) is 6.07 Å². The summed E-state index contributed by atoms with van der Waals surface area (Å²) in [7, 11) is 0. The van der Waals surface area contributed by atoms with Gasteiger partial charge in [0, 0.05) is 30.8 Å². The van der Waals surface area contributed by atoms with Crippen molar-refractivity contribution in [1.29, 1.82) is 0 Å². The molecule has 120 valence electrons. The molecule has 0 aromatic heterocycles. The zero-order chi connectivity index (χ0) is 16.4. The van der Waals surface area contributed by atoms with Crippen molar-refractivity contribution in [2.24, 2.45) is 0 Å². The lowest BCUT2D eigenvalue weighted by atomic mass is 10.2. The predicted octanol–water partition coefficient (Wildman–Crippen LogP) is 2.41. The van der Waals surface area contributed by atoms with E-state index in [4.69, 9.17) is 5.11 Å². The lowest BCUT2D eigenvalue weighted by Gasteiger charge is -2.09. The van der Waals surface area contributed by atoms with Crippen LogP contribution >= 0.6 is 0 Å². The van der Waals surface area contributed by atoms with E-state index in [1.807, 2.05) is 6.92 Å². The summed E-state index contributed by atoms with van der Waals surface area (Å²) < 4.78 is 0. The molecule has 22 heavy (non-hydrogen) atoms. The highest BCUT2D eigenvalue weighted by Gasteiger charge is 2.05. The van der Waals surface area contributed by atoms with Crippen LogP contribution in [0.2, 0.25) is 0 Å². The maximum absolute atomic E-state index is 11.7. The van der Waals surface area contributed by atoms with E-state index >= 15 is 0 Å². The number of urea groups is 1. The van der Waals surface area contributed by atoms with E-state index in [0.29, 0.717) is 30.8 Å². The second kappa shape index (κ2) is 9.38. The molecule has 0 spiro atoms. The highest BCUT2D eigenvalue weighted by Crippen LogP contribution is 2.15. The SMILES string of the molecule is CCNC(=O)Nc1cccc(NC(=O)CCCCC(=O)O)c1. The van der Waals surface area contributed by atoms with Crippen LogP contribution in [0.15, 0.2) is 24.3 Å². The van der Waals surface area contributed by atoms with Crippen molar-refractivity contribution in [3.05, 3.63) is 24.3 Å². The van der Waals surface area contributed by atoms with Crippen LogP contribution in [0.25, 0.3) is 0 Å². The molecule has 7 nitrogen and oxygen atoms in total. The first-order valence-electron chi connectivity index (χ1n) is 7.18. The summed E-state index contributed by atoms with van der Waals surface area (Å²) in [4.78, 5) is 33.5. The molecule has 3 amide bonds. The Morgan fingerprint density at radius 2 is 1.68 bits per heavy atom. The molecule has 0 heterocycles. The molecule has 0 aliphatic carbocycles. The third kappa shape index (κ3) is 7.28. The molecule has 1 rings (SSSR count). The van der Waals surface area contributed by atoms with E-state index in [1.165, 1.54) is 0 Å². The van der Waals surface area contributed by atoms with Gasteiger partial charge in [-0.05, 0) is 38.0 Å². The van der Waals surface area contributed by atoms with Gasteiger partial charge in [0.2, 0.25) is 5.91 Å². The van der Waals surface area contributed by atoms with Gasteiger partial charge in [0.05, 0.1) is 0 Å². The zero-order valence-electron chi connectivity index (χ0n) is 12.5. The number of unbranched alkanes of at least 4 members (excludes halogenated alkanes) is 1. The first kappa shape index (κ1) is 17.5. The fourth-order valence-corrected chi connectivity index (χ4v) is 1.80. The third-order valence-corrected chi connectivity index (χ3v) is 2.79. The second-order valence-electron chi connectivity index (χ2n) is 4.71. The van der Waals surface area contributed by atoms with Crippen molar-refractivity contribution >= 4 is 29.3 Å². The number of hydrogen-bond acceptors (Lipinski definition) is 3. The fourth-order valence-electron chi connectivity index (χ4n) is 1.80. The van der Waals surface area contributed by atoms with Gasteiger partial charge in [-0.3, -0.25) is 9.59 Å². The minimum Gasteiger partial charge on any atom is -0.481 e. The number of carbonyl (C=O) groups is 3. The molecular formula is C15H21N3O4. The van der Waals surface area contributed by atoms with Crippen LogP contribution in [0.4, 0.5) is 16.2 Å². The molecule has 4 N–H and O–H groups in total. The Labute approximate surface area is 129 Å². The van der Waals surface area contributed by atoms with E-state index in [2.05, 4.69) is 16.0 Å². The summed E-state index contributed by atoms with van der Waals surface area (Å²) in [6.45, 7) is 2.35. The Balaban J connectivity index is 2.43. The molecular weight excluding hydrogens is 286 g/mol. The average Bonchev–Trinajstić information content (AvgIpc) is 2.44. The average molecular weight is 307 g/mol. The van der Waals surface area contributed by atoms with Crippen molar-refractivity contribution in [3.8, 4) is 0 Å². The molecule has 1 aromatic rings. The third-order valence-electron chi connectivity index (χ3n) is 2.79. The minimum absolute atomic E-state index is 0.0687. The van der Waals surface area contributed by atoms with Gasteiger partial charge in [0.1, 0.15) is 0 Å². The van der Waals surface area contributed by atoms with Crippen LogP contribution < -0.4 is 16.0 Å². The van der Waals surface area contributed by atoms with Crippen molar-refractivity contribution in [1.82, 2.24) is 5.32 Å².